The lowest BCUT2D eigenvalue weighted by atomic mass is 9.95. The summed E-state index contributed by atoms with van der Waals surface area (Å²) in [7, 11) is 1.54. The van der Waals surface area contributed by atoms with E-state index in [1.54, 1.807) is 55.5 Å². The second kappa shape index (κ2) is 10.00. The normalized spacial score (nSPS) is 15.8. The molecule has 1 aliphatic heterocycles. The molecule has 0 fully saturated rings. The molecule has 1 aliphatic rings. The second-order valence-electron chi connectivity index (χ2n) is 6.52. The van der Waals surface area contributed by atoms with E-state index in [4.69, 9.17) is 26.4 Å². The summed E-state index contributed by atoms with van der Waals surface area (Å²) in [6.45, 7) is 2.23. The van der Waals surface area contributed by atoms with Crippen LogP contribution < -0.4 is 15.4 Å². The van der Waals surface area contributed by atoms with Crippen LogP contribution in [0.1, 0.15) is 28.9 Å². The third-order valence-electron chi connectivity index (χ3n) is 4.44. The Morgan fingerprint density at radius 3 is 2.37 bits per heavy atom. The van der Waals surface area contributed by atoms with Crippen molar-refractivity contribution in [2.24, 2.45) is 0 Å². The first-order valence-corrected chi connectivity index (χ1v) is 9.72. The molecule has 0 radical (unpaired) electrons. The molecule has 8 heteroatoms. The highest BCUT2D eigenvalue weighted by molar-refractivity contribution is 7.80. The number of benzene rings is 2. The number of hydrogen-bond acceptors (Lipinski definition) is 6. The fourth-order valence-electron chi connectivity index (χ4n) is 2.98. The first-order chi connectivity index (χ1) is 14.5. The fraction of sp³-hybridized carbons (Fsp3) is 0.227. The minimum Gasteiger partial charge on any atom is -0.460 e. The highest BCUT2D eigenvalue weighted by atomic mass is 32.1. The molecule has 1 atom stereocenters. The molecule has 0 aromatic heterocycles. The van der Waals surface area contributed by atoms with Crippen LogP contribution in [-0.4, -0.2) is 37.4 Å². The van der Waals surface area contributed by atoms with Crippen molar-refractivity contribution in [3.8, 4) is 5.75 Å². The maximum atomic E-state index is 12.6. The smallest absolute Gasteiger partial charge is 0.343 e. The third kappa shape index (κ3) is 5.22. The molecular weight excluding hydrogens is 404 g/mol. The highest BCUT2D eigenvalue weighted by Gasteiger charge is 2.31. The van der Waals surface area contributed by atoms with Gasteiger partial charge in [0.25, 0.3) is 0 Å². The minimum absolute atomic E-state index is 0.150. The van der Waals surface area contributed by atoms with Crippen molar-refractivity contribution >= 4 is 29.3 Å². The maximum Gasteiger partial charge on any atom is 0.343 e. The topological polar surface area (TPSA) is 85.9 Å². The zero-order valence-corrected chi connectivity index (χ0v) is 17.5. The summed E-state index contributed by atoms with van der Waals surface area (Å²) in [5.74, 6) is -0.506. The van der Waals surface area contributed by atoms with Crippen molar-refractivity contribution in [3.05, 3.63) is 77.0 Å². The summed E-state index contributed by atoms with van der Waals surface area (Å²) in [6.07, 6.45) is 0. The number of carbonyl (C=O) groups excluding carboxylic acids is 2. The Kier molecular flexibility index (Phi) is 7.16. The van der Waals surface area contributed by atoms with Crippen LogP contribution in [0.3, 0.4) is 0 Å². The number of ether oxygens (including phenoxy) is 3. The number of methoxy groups -OCH3 is 1. The molecule has 0 saturated carbocycles. The summed E-state index contributed by atoms with van der Waals surface area (Å²) in [5, 5.41) is 6.46. The molecule has 0 spiro atoms. The van der Waals surface area contributed by atoms with Crippen molar-refractivity contribution in [2.45, 2.75) is 13.0 Å². The largest absolute Gasteiger partial charge is 0.460 e. The maximum absolute atomic E-state index is 12.6. The zero-order valence-electron chi connectivity index (χ0n) is 16.6. The van der Waals surface area contributed by atoms with Gasteiger partial charge in [0.2, 0.25) is 0 Å². The molecule has 2 N–H and O–H groups in total. The van der Waals surface area contributed by atoms with Gasteiger partial charge >= 0.3 is 11.9 Å². The Bertz CT molecular complexity index is 957. The lowest BCUT2D eigenvalue weighted by Gasteiger charge is -2.30. The van der Waals surface area contributed by atoms with Crippen molar-refractivity contribution < 1.29 is 23.8 Å². The van der Waals surface area contributed by atoms with E-state index in [1.807, 2.05) is 6.07 Å². The van der Waals surface area contributed by atoms with Crippen LogP contribution in [0.5, 0.6) is 5.75 Å². The van der Waals surface area contributed by atoms with Gasteiger partial charge in [0, 0.05) is 12.8 Å². The number of esters is 2. The van der Waals surface area contributed by atoms with Crippen molar-refractivity contribution in [1.29, 1.82) is 0 Å². The van der Waals surface area contributed by atoms with Gasteiger partial charge in [0.15, 0.2) is 5.11 Å². The van der Waals surface area contributed by atoms with Crippen LogP contribution in [0.15, 0.2) is 65.9 Å². The standard InChI is InChI=1S/C22H22N2O5S/c1-14-18(21(26)28-13-12-27-2)19(24-22(30)23-14)15-8-10-17(11-9-15)29-20(25)16-6-4-3-5-7-16/h3-11,19H,12-13H2,1-2H3,(H2,23,24,30). The molecule has 0 amide bonds. The summed E-state index contributed by atoms with van der Waals surface area (Å²) in [4.78, 5) is 24.8. The number of nitrogens with one attached hydrogen (secondary N) is 2. The van der Waals surface area contributed by atoms with Gasteiger partial charge < -0.3 is 24.8 Å². The van der Waals surface area contributed by atoms with Gasteiger partial charge in [-0.1, -0.05) is 30.3 Å². The molecule has 1 heterocycles. The summed E-state index contributed by atoms with van der Waals surface area (Å²) >= 11 is 5.24. The number of carbonyl (C=O) groups is 2. The minimum atomic E-state index is -0.493. The molecule has 156 valence electrons. The SMILES string of the molecule is COCCOC(=O)C1=C(C)NC(=S)NC1c1ccc(OC(=O)c2ccccc2)cc1. The predicted molar refractivity (Wildman–Crippen MR) is 115 cm³/mol. The van der Waals surface area contributed by atoms with Crippen molar-refractivity contribution in [2.75, 3.05) is 20.3 Å². The summed E-state index contributed by atoms with van der Waals surface area (Å²) < 4.78 is 15.6. The van der Waals surface area contributed by atoms with Gasteiger partial charge in [-0.2, -0.15) is 0 Å². The number of thiocarbonyl (C=S) groups is 1. The van der Waals surface area contributed by atoms with Crippen LogP contribution in [-0.2, 0) is 14.3 Å². The quantitative estimate of drug-likeness (QED) is 0.303. The Balaban J connectivity index is 1.77. The van der Waals surface area contributed by atoms with Crippen LogP contribution in [0.25, 0.3) is 0 Å². The van der Waals surface area contributed by atoms with E-state index in [9.17, 15) is 9.59 Å². The van der Waals surface area contributed by atoms with E-state index in [0.717, 1.165) is 5.56 Å². The fourth-order valence-corrected chi connectivity index (χ4v) is 3.25. The van der Waals surface area contributed by atoms with Crippen LogP contribution >= 0.6 is 12.2 Å². The monoisotopic (exact) mass is 426 g/mol. The average Bonchev–Trinajstić information content (AvgIpc) is 2.74. The molecule has 1 unspecified atom stereocenters. The van der Waals surface area contributed by atoms with Crippen LogP contribution in [0.2, 0.25) is 0 Å². The Labute approximate surface area is 180 Å². The predicted octanol–water partition coefficient (Wildman–Crippen LogP) is 2.89. The first-order valence-electron chi connectivity index (χ1n) is 9.31. The van der Waals surface area contributed by atoms with Gasteiger partial charge in [0.05, 0.1) is 23.8 Å². The Morgan fingerprint density at radius 1 is 1.00 bits per heavy atom. The second-order valence-corrected chi connectivity index (χ2v) is 6.93. The summed E-state index contributed by atoms with van der Waals surface area (Å²) in [6, 6.07) is 15.1. The van der Waals surface area contributed by atoms with Crippen molar-refractivity contribution in [3.63, 3.8) is 0 Å². The van der Waals surface area contributed by atoms with Gasteiger partial charge in [0.1, 0.15) is 12.4 Å². The molecule has 7 nitrogen and oxygen atoms in total. The van der Waals surface area contributed by atoms with Gasteiger partial charge in [-0.3, -0.25) is 0 Å². The van der Waals surface area contributed by atoms with Gasteiger partial charge in [-0.25, -0.2) is 9.59 Å². The molecule has 2 aromatic rings. The molecule has 0 bridgehead atoms. The first kappa shape index (κ1) is 21.5. The molecule has 30 heavy (non-hydrogen) atoms. The number of hydrogen-bond donors (Lipinski definition) is 2. The van der Waals surface area contributed by atoms with E-state index >= 15 is 0 Å². The zero-order chi connectivity index (χ0) is 21.5. The molecule has 2 aromatic carbocycles. The van der Waals surface area contributed by atoms with E-state index in [1.165, 1.54) is 7.11 Å². The summed E-state index contributed by atoms with van der Waals surface area (Å²) in [5.41, 5.74) is 2.28. The van der Waals surface area contributed by atoms with E-state index < -0.39 is 18.0 Å². The van der Waals surface area contributed by atoms with Crippen molar-refractivity contribution in [1.82, 2.24) is 10.6 Å². The third-order valence-corrected chi connectivity index (χ3v) is 4.66. The molecule has 0 aliphatic carbocycles. The van der Waals surface area contributed by atoms with Crippen LogP contribution in [0, 0.1) is 0 Å². The highest BCUT2D eigenvalue weighted by Crippen LogP contribution is 2.29. The number of rotatable bonds is 7. The van der Waals surface area contributed by atoms with E-state index in [0.29, 0.717) is 34.3 Å². The van der Waals surface area contributed by atoms with Gasteiger partial charge in [-0.15, -0.1) is 0 Å². The molecule has 3 rings (SSSR count). The number of allylic oxidation sites excluding steroid dienone is 1. The average molecular weight is 426 g/mol. The lowest BCUT2D eigenvalue weighted by Crippen LogP contribution is -2.45. The molecular formula is C22H22N2O5S. The van der Waals surface area contributed by atoms with E-state index in [2.05, 4.69) is 10.6 Å². The van der Waals surface area contributed by atoms with E-state index in [-0.39, 0.29) is 6.61 Å². The van der Waals surface area contributed by atoms with Gasteiger partial charge in [-0.05, 0) is 49.0 Å². The van der Waals surface area contributed by atoms with Crippen LogP contribution in [0.4, 0.5) is 0 Å². The Morgan fingerprint density at radius 2 is 1.70 bits per heavy atom. The molecule has 0 saturated heterocycles. The Hall–Kier alpha value is -3.23. The lowest BCUT2D eigenvalue weighted by molar-refractivity contribution is -0.140.